The van der Waals surface area contributed by atoms with Gasteiger partial charge in [-0.15, -0.1) is 0 Å². The Balaban J connectivity index is 1.98. The number of rotatable bonds is 7. The van der Waals surface area contributed by atoms with Crippen molar-refractivity contribution in [3.8, 4) is 0 Å². The highest BCUT2D eigenvalue weighted by molar-refractivity contribution is 7.80. The first-order chi connectivity index (χ1) is 14.9. The molecule has 0 saturated carbocycles. The highest BCUT2D eigenvalue weighted by atomic mass is 32.1. The van der Waals surface area contributed by atoms with Gasteiger partial charge in [0.15, 0.2) is 0 Å². The maximum atomic E-state index is 12.8. The molecule has 1 saturated heterocycles. The first kappa shape index (κ1) is 24.1. The number of carbonyl (C=O) groups is 2. The van der Waals surface area contributed by atoms with E-state index in [-0.39, 0.29) is 18.2 Å². The van der Waals surface area contributed by atoms with E-state index in [0.717, 1.165) is 28.6 Å². The van der Waals surface area contributed by atoms with Crippen LogP contribution in [-0.2, 0) is 22.4 Å². The largest absolute Gasteiger partial charge is 0.480 e. The Morgan fingerprint density at radius 3 is 2.59 bits per heavy atom. The second-order valence-corrected chi connectivity index (χ2v) is 10.4. The predicted molar refractivity (Wildman–Crippen MR) is 128 cm³/mol. The summed E-state index contributed by atoms with van der Waals surface area (Å²) in [5, 5.41) is 20.2. The third-order valence-electron chi connectivity index (χ3n) is 5.77. The van der Waals surface area contributed by atoms with Gasteiger partial charge in [0.1, 0.15) is 6.04 Å². The Morgan fingerprint density at radius 2 is 2.03 bits per heavy atom. The SMILES string of the molecule is CC(C)Cc1cc(NO)c2cccc(C[C@H]3CC(=O)N([C@H](C(=O)O)C(C)(C)C)C3=S)c2n1. The van der Waals surface area contributed by atoms with E-state index in [1.807, 2.05) is 24.3 Å². The Bertz CT molecular complexity index is 1060. The van der Waals surface area contributed by atoms with Crippen LogP contribution in [0.2, 0.25) is 0 Å². The number of anilines is 1. The fraction of sp³-hybridized carbons (Fsp3) is 0.500. The van der Waals surface area contributed by atoms with E-state index < -0.39 is 17.4 Å². The standard InChI is InChI=1S/C24H31N3O4S/c1-13(2)9-16-12-18(26-31)17-8-6-7-14(20(17)25-16)10-15-11-19(28)27(22(15)32)21(23(29)30)24(3,4)5/h6-8,12-13,15,21,31H,9-11H2,1-5H3,(H,25,26)(H,29,30)/t15-,21+/m0/s1. The topological polar surface area (TPSA) is 103 Å². The second kappa shape index (κ2) is 9.11. The maximum Gasteiger partial charge on any atom is 0.327 e. The summed E-state index contributed by atoms with van der Waals surface area (Å²) in [5.41, 5.74) is 4.73. The van der Waals surface area contributed by atoms with Crippen LogP contribution in [0.15, 0.2) is 24.3 Å². The molecule has 0 aliphatic carbocycles. The molecular weight excluding hydrogens is 426 g/mol. The number of carboxylic acids is 1. The number of hydrogen-bond acceptors (Lipinski definition) is 6. The number of hydrogen-bond donors (Lipinski definition) is 3. The molecule has 32 heavy (non-hydrogen) atoms. The van der Waals surface area contributed by atoms with Crippen molar-refractivity contribution < 1.29 is 19.9 Å². The molecule has 0 radical (unpaired) electrons. The number of thiocarbonyl (C=S) groups is 1. The number of benzene rings is 1. The van der Waals surface area contributed by atoms with Crippen molar-refractivity contribution in [1.29, 1.82) is 0 Å². The Labute approximate surface area is 193 Å². The van der Waals surface area contributed by atoms with Gasteiger partial charge in [-0.2, -0.15) is 0 Å². The van der Waals surface area contributed by atoms with Crippen molar-refractivity contribution in [3.63, 3.8) is 0 Å². The molecule has 2 atom stereocenters. The Kier molecular flexibility index (Phi) is 6.86. The molecular formula is C24H31N3O4S. The summed E-state index contributed by atoms with van der Waals surface area (Å²) in [7, 11) is 0. The van der Waals surface area contributed by atoms with Crippen LogP contribution in [0.5, 0.6) is 0 Å². The van der Waals surface area contributed by atoms with Crippen LogP contribution in [0.4, 0.5) is 5.69 Å². The molecule has 3 N–H and O–H groups in total. The van der Waals surface area contributed by atoms with Crippen LogP contribution in [0.3, 0.4) is 0 Å². The Morgan fingerprint density at radius 1 is 1.34 bits per heavy atom. The van der Waals surface area contributed by atoms with E-state index in [1.165, 1.54) is 4.90 Å². The molecule has 1 aromatic carbocycles. The van der Waals surface area contributed by atoms with Crippen LogP contribution in [0, 0.1) is 17.3 Å². The van der Waals surface area contributed by atoms with Gasteiger partial charge in [0.05, 0.1) is 16.2 Å². The first-order valence-electron chi connectivity index (χ1n) is 10.8. The number of carboxylic acid groups (broad SMARTS) is 1. The number of carbonyl (C=O) groups excluding carboxylic acids is 1. The lowest BCUT2D eigenvalue weighted by molar-refractivity contribution is -0.150. The van der Waals surface area contributed by atoms with Gasteiger partial charge in [0.25, 0.3) is 0 Å². The van der Waals surface area contributed by atoms with Crippen molar-refractivity contribution in [3.05, 3.63) is 35.5 Å². The van der Waals surface area contributed by atoms with E-state index in [1.54, 1.807) is 20.8 Å². The summed E-state index contributed by atoms with van der Waals surface area (Å²) < 4.78 is 0. The van der Waals surface area contributed by atoms with Crippen molar-refractivity contribution >= 4 is 45.7 Å². The Hall–Kier alpha value is -2.58. The first-order valence-corrected chi connectivity index (χ1v) is 11.2. The fourth-order valence-corrected chi connectivity index (χ4v) is 4.80. The third kappa shape index (κ3) is 4.76. The quantitative estimate of drug-likeness (QED) is 0.417. The number of aliphatic carboxylic acids is 1. The molecule has 0 spiro atoms. The zero-order valence-corrected chi connectivity index (χ0v) is 20.0. The molecule has 2 aromatic rings. The zero-order chi connectivity index (χ0) is 23.8. The number of aromatic nitrogens is 1. The van der Waals surface area contributed by atoms with Crippen molar-refractivity contribution in [2.45, 2.75) is 59.9 Å². The van der Waals surface area contributed by atoms with Crippen molar-refractivity contribution in [2.75, 3.05) is 5.48 Å². The molecule has 3 rings (SSSR count). The van der Waals surface area contributed by atoms with Crippen LogP contribution in [0.1, 0.15) is 52.3 Å². The smallest absolute Gasteiger partial charge is 0.327 e. The molecule has 1 amide bonds. The molecule has 2 heterocycles. The monoisotopic (exact) mass is 457 g/mol. The molecule has 172 valence electrons. The van der Waals surface area contributed by atoms with E-state index >= 15 is 0 Å². The van der Waals surface area contributed by atoms with Gasteiger partial charge >= 0.3 is 5.97 Å². The maximum absolute atomic E-state index is 12.8. The number of nitrogens with one attached hydrogen (secondary N) is 1. The predicted octanol–water partition coefficient (Wildman–Crippen LogP) is 4.45. The van der Waals surface area contributed by atoms with Crippen LogP contribution < -0.4 is 5.48 Å². The normalized spacial score (nSPS) is 18.0. The van der Waals surface area contributed by atoms with Gasteiger partial charge in [0.2, 0.25) is 5.91 Å². The fourth-order valence-electron chi connectivity index (χ4n) is 4.42. The van der Waals surface area contributed by atoms with E-state index in [9.17, 15) is 19.9 Å². The van der Waals surface area contributed by atoms with Gasteiger partial charge in [-0.25, -0.2) is 4.79 Å². The van der Waals surface area contributed by atoms with Gasteiger partial charge < -0.3 is 5.11 Å². The van der Waals surface area contributed by atoms with Gasteiger partial charge in [-0.3, -0.25) is 25.4 Å². The van der Waals surface area contributed by atoms with E-state index in [2.05, 4.69) is 19.3 Å². The molecule has 1 fully saturated rings. The lowest BCUT2D eigenvalue weighted by atomic mass is 9.85. The number of likely N-dealkylation sites (tertiary alicyclic amines) is 1. The minimum atomic E-state index is -1.06. The molecule has 0 unspecified atom stereocenters. The van der Waals surface area contributed by atoms with Crippen LogP contribution in [0.25, 0.3) is 10.9 Å². The molecule has 1 aliphatic rings. The third-order valence-corrected chi connectivity index (χ3v) is 6.30. The zero-order valence-electron chi connectivity index (χ0n) is 19.2. The lowest BCUT2D eigenvalue weighted by Gasteiger charge is -2.34. The highest BCUT2D eigenvalue weighted by Crippen LogP contribution is 2.35. The minimum Gasteiger partial charge on any atom is -0.480 e. The van der Waals surface area contributed by atoms with Gasteiger partial charge in [-0.05, 0) is 35.8 Å². The number of fused-ring (bicyclic) bond motifs is 1. The summed E-state index contributed by atoms with van der Waals surface area (Å²) >= 11 is 5.63. The number of nitrogens with zero attached hydrogens (tertiary/aromatic N) is 2. The molecule has 1 aliphatic heterocycles. The average molecular weight is 458 g/mol. The average Bonchev–Trinajstić information content (AvgIpc) is 2.94. The molecule has 8 heteroatoms. The van der Waals surface area contributed by atoms with E-state index in [4.69, 9.17) is 17.2 Å². The lowest BCUT2D eigenvalue weighted by Crippen LogP contribution is -2.51. The summed E-state index contributed by atoms with van der Waals surface area (Å²) in [6.07, 6.45) is 1.41. The van der Waals surface area contributed by atoms with Crippen LogP contribution >= 0.6 is 12.2 Å². The molecule has 7 nitrogen and oxygen atoms in total. The summed E-state index contributed by atoms with van der Waals surface area (Å²) in [4.78, 5) is 31.3. The summed E-state index contributed by atoms with van der Waals surface area (Å²) in [6, 6.07) is 6.55. The second-order valence-electron chi connectivity index (χ2n) is 10.00. The minimum absolute atomic E-state index is 0.172. The number of amides is 1. The number of pyridine rings is 1. The van der Waals surface area contributed by atoms with Crippen molar-refractivity contribution in [1.82, 2.24) is 9.88 Å². The van der Waals surface area contributed by atoms with Gasteiger partial charge in [-0.1, -0.05) is 65.0 Å². The van der Waals surface area contributed by atoms with Crippen molar-refractivity contribution in [2.24, 2.45) is 17.3 Å². The van der Waals surface area contributed by atoms with Crippen LogP contribution in [-0.4, -0.2) is 43.1 Å². The molecule has 0 bridgehead atoms. The van der Waals surface area contributed by atoms with E-state index in [0.29, 0.717) is 23.0 Å². The van der Waals surface area contributed by atoms with Gasteiger partial charge in [0, 0.05) is 23.4 Å². The summed E-state index contributed by atoms with van der Waals surface area (Å²) in [6.45, 7) is 9.60. The summed E-state index contributed by atoms with van der Waals surface area (Å²) in [5.74, 6) is -1.20. The number of para-hydroxylation sites is 1. The molecule has 1 aromatic heterocycles. The highest BCUT2D eigenvalue weighted by Gasteiger charge is 2.46.